The van der Waals surface area contributed by atoms with Gasteiger partial charge in [-0.05, 0) is 29.8 Å². The second kappa shape index (κ2) is 11.6. The van der Waals surface area contributed by atoms with Gasteiger partial charge >= 0.3 is 23.9 Å². The number of carbonyl (C=O) groups is 5. The quantitative estimate of drug-likeness (QED) is 0.196. The molecule has 14 heteroatoms. The molecule has 1 aliphatic heterocycles. The van der Waals surface area contributed by atoms with Gasteiger partial charge in [-0.1, -0.05) is 5.11 Å². The molecule has 1 N–H and O–H groups in total. The van der Waals surface area contributed by atoms with Crippen molar-refractivity contribution in [3.63, 3.8) is 0 Å². The highest BCUT2D eigenvalue weighted by Gasteiger charge is 2.54. The molecule has 0 aliphatic carbocycles. The van der Waals surface area contributed by atoms with Crippen molar-refractivity contribution in [2.75, 3.05) is 12.4 Å². The minimum atomic E-state index is -1.64. The predicted octanol–water partition coefficient (Wildman–Crippen LogP) is 1.24. The van der Waals surface area contributed by atoms with E-state index < -0.39 is 60.4 Å². The highest BCUT2D eigenvalue weighted by atomic mass is 16.7. The van der Waals surface area contributed by atoms with Crippen molar-refractivity contribution in [1.82, 2.24) is 0 Å². The number of esters is 4. The summed E-state index contributed by atoms with van der Waals surface area (Å²) < 4.78 is 25.6. The van der Waals surface area contributed by atoms with Gasteiger partial charge in [0.15, 0.2) is 30.6 Å². The molecule has 1 amide bonds. The number of hydrogen-bond donors (Lipinski definition) is 1. The monoisotopic (exact) mass is 478 g/mol. The van der Waals surface area contributed by atoms with Crippen molar-refractivity contribution in [3.05, 3.63) is 40.3 Å². The van der Waals surface area contributed by atoms with Crippen LogP contribution in [0.5, 0.6) is 0 Å². The Morgan fingerprint density at radius 3 is 1.94 bits per heavy atom. The minimum absolute atomic E-state index is 0.231. The molecule has 2 rings (SSSR count). The molecule has 1 aliphatic rings. The Morgan fingerprint density at radius 2 is 1.44 bits per heavy atom. The van der Waals surface area contributed by atoms with Crippen LogP contribution in [0.4, 0.5) is 5.69 Å². The number of hydrogen-bond acceptors (Lipinski definition) is 11. The second-order valence-corrected chi connectivity index (χ2v) is 6.93. The van der Waals surface area contributed by atoms with Crippen LogP contribution in [0, 0.1) is 0 Å². The number of amides is 1. The van der Waals surface area contributed by atoms with Gasteiger partial charge in [0.25, 0.3) is 5.91 Å². The maximum absolute atomic E-state index is 13.0. The van der Waals surface area contributed by atoms with Crippen molar-refractivity contribution >= 4 is 35.5 Å². The van der Waals surface area contributed by atoms with Crippen molar-refractivity contribution < 1.29 is 47.7 Å². The SMILES string of the molecule is COC(=O)c1ccc(NC(=O)[C@H]2O[C@H](N=[N+]=[N-])[C@H](OC(C)=O)[C@@H](OC(C)=O)[C@@H]2OC(C)=O)cc1. The maximum atomic E-state index is 13.0. The molecule has 1 aromatic carbocycles. The van der Waals surface area contributed by atoms with Gasteiger partial charge in [-0.25, -0.2) is 4.79 Å². The van der Waals surface area contributed by atoms with Gasteiger partial charge < -0.3 is 29.0 Å². The number of nitrogens with zero attached hydrogens (tertiary/aromatic N) is 3. The molecule has 0 unspecified atom stereocenters. The van der Waals surface area contributed by atoms with Gasteiger partial charge in [0.2, 0.25) is 0 Å². The lowest BCUT2D eigenvalue weighted by Gasteiger charge is -2.42. The van der Waals surface area contributed by atoms with Crippen LogP contribution in [0.25, 0.3) is 10.4 Å². The highest BCUT2D eigenvalue weighted by molar-refractivity contribution is 5.96. The van der Waals surface area contributed by atoms with Crippen LogP contribution in [0.15, 0.2) is 29.4 Å². The van der Waals surface area contributed by atoms with Crippen molar-refractivity contribution in [2.24, 2.45) is 5.11 Å². The normalized spacial score (nSPS) is 23.5. The fraction of sp³-hybridized carbons (Fsp3) is 0.450. The summed E-state index contributed by atoms with van der Waals surface area (Å²) in [7, 11) is 1.22. The smallest absolute Gasteiger partial charge is 0.337 e. The molecular weight excluding hydrogens is 456 g/mol. The fourth-order valence-corrected chi connectivity index (χ4v) is 3.17. The standard InChI is InChI=1S/C20H22N4O10/c1-9(25)31-14-15(32-10(2)26)17(33-11(3)27)19(23-24-21)34-16(14)18(28)22-13-7-5-12(6-8-13)20(29)30-4/h5-8,14-17,19H,1-4H3,(H,22,28)/t14-,15-,16-,17+,19-/m0/s1. The van der Waals surface area contributed by atoms with Gasteiger partial charge in [-0.3, -0.25) is 19.2 Å². The van der Waals surface area contributed by atoms with E-state index in [4.69, 9.17) is 24.5 Å². The van der Waals surface area contributed by atoms with E-state index in [1.165, 1.54) is 31.4 Å². The Labute approximate surface area is 193 Å². The van der Waals surface area contributed by atoms with Crippen LogP contribution in [-0.4, -0.2) is 67.5 Å². The summed E-state index contributed by atoms with van der Waals surface area (Å²) in [6.07, 6.45) is -7.85. The Kier molecular flexibility index (Phi) is 8.93. The van der Waals surface area contributed by atoms with E-state index in [0.717, 1.165) is 20.8 Å². The zero-order valence-electron chi connectivity index (χ0n) is 18.6. The predicted molar refractivity (Wildman–Crippen MR) is 111 cm³/mol. The third-order valence-corrected chi connectivity index (χ3v) is 4.42. The van der Waals surface area contributed by atoms with E-state index in [1.807, 2.05) is 0 Å². The molecule has 34 heavy (non-hydrogen) atoms. The number of nitrogens with one attached hydrogen (secondary N) is 1. The van der Waals surface area contributed by atoms with Gasteiger partial charge in [0.1, 0.15) is 0 Å². The van der Waals surface area contributed by atoms with Gasteiger partial charge in [0.05, 0.1) is 12.7 Å². The fourth-order valence-electron chi connectivity index (χ4n) is 3.17. The van der Waals surface area contributed by atoms with E-state index in [1.54, 1.807) is 0 Å². The lowest BCUT2D eigenvalue weighted by atomic mass is 9.96. The molecule has 182 valence electrons. The lowest BCUT2D eigenvalue weighted by Crippen LogP contribution is -2.63. The molecular formula is C20H22N4O10. The summed E-state index contributed by atoms with van der Waals surface area (Å²) in [6, 6.07) is 5.61. The van der Waals surface area contributed by atoms with Crippen LogP contribution in [-0.2, 0) is 42.9 Å². The third-order valence-electron chi connectivity index (χ3n) is 4.42. The van der Waals surface area contributed by atoms with Gasteiger partial charge in [0, 0.05) is 31.4 Å². The average molecular weight is 478 g/mol. The first-order chi connectivity index (χ1) is 16.1. The second-order valence-electron chi connectivity index (χ2n) is 6.93. The first-order valence-electron chi connectivity index (χ1n) is 9.78. The van der Waals surface area contributed by atoms with Gasteiger partial charge in [-0.15, -0.1) is 0 Å². The number of benzene rings is 1. The summed E-state index contributed by atoms with van der Waals surface area (Å²) in [4.78, 5) is 62.3. The lowest BCUT2D eigenvalue weighted by molar-refractivity contribution is -0.241. The molecule has 1 saturated heterocycles. The average Bonchev–Trinajstić information content (AvgIpc) is 2.76. The summed E-state index contributed by atoms with van der Waals surface area (Å²) in [6.45, 7) is 3.15. The molecule has 0 bridgehead atoms. The maximum Gasteiger partial charge on any atom is 0.337 e. The Morgan fingerprint density at radius 1 is 0.912 bits per heavy atom. The molecule has 0 aromatic heterocycles. The van der Waals surface area contributed by atoms with E-state index >= 15 is 0 Å². The Hall–Kier alpha value is -4.16. The molecule has 1 heterocycles. The molecule has 0 saturated carbocycles. The van der Waals surface area contributed by atoms with E-state index in [2.05, 4.69) is 20.1 Å². The molecule has 0 spiro atoms. The molecule has 5 atom stereocenters. The molecule has 1 aromatic rings. The first kappa shape index (κ1) is 26.1. The first-order valence-corrected chi connectivity index (χ1v) is 9.78. The number of anilines is 1. The topological polar surface area (TPSA) is 192 Å². The highest BCUT2D eigenvalue weighted by Crippen LogP contribution is 2.30. The molecule has 0 radical (unpaired) electrons. The summed E-state index contributed by atoms with van der Waals surface area (Å²) in [5.74, 6) is -3.98. The minimum Gasteiger partial charge on any atom is -0.465 e. The van der Waals surface area contributed by atoms with E-state index in [0.29, 0.717) is 0 Å². The van der Waals surface area contributed by atoms with Crippen LogP contribution < -0.4 is 5.32 Å². The van der Waals surface area contributed by atoms with Crippen LogP contribution >= 0.6 is 0 Å². The Bertz CT molecular complexity index is 1010. The number of carbonyl (C=O) groups excluding carboxylic acids is 5. The van der Waals surface area contributed by atoms with Gasteiger partial charge in [-0.2, -0.15) is 0 Å². The largest absolute Gasteiger partial charge is 0.465 e. The summed E-state index contributed by atoms with van der Waals surface area (Å²) in [5.41, 5.74) is 9.37. The van der Waals surface area contributed by atoms with Crippen LogP contribution in [0.2, 0.25) is 0 Å². The zero-order valence-corrected chi connectivity index (χ0v) is 18.6. The number of azide groups is 1. The summed E-state index contributed by atoms with van der Waals surface area (Å²) >= 11 is 0. The Balaban J connectivity index is 2.41. The number of ether oxygens (including phenoxy) is 5. The van der Waals surface area contributed by atoms with Crippen molar-refractivity contribution in [1.29, 1.82) is 0 Å². The van der Waals surface area contributed by atoms with Crippen LogP contribution in [0.1, 0.15) is 31.1 Å². The number of rotatable bonds is 7. The van der Waals surface area contributed by atoms with Crippen LogP contribution in [0.3, 0.4) is 0 Å². The number of methoxy groups -OCH3 is 1. The van der Waals surface area contributed by atoms with E-state index in [9.17, 15) is 24.0 Å². The molecule has 14 nitrogen and oxygen atoms in total. The van der Waals surface area contributed by atoms with Crippen molar-refractivity contribution in [2.45, 2.75) is 51.4 Å². The zero-order chi connectivity index (χ0) is 25.4. The van der Waals surface area contributed by atoms with E-state index in [-0.39, 0.29) is 11.3 Å². The summed E-state index contributed by atoms with van der Waals surface area (Å²) in [5, 5.41) is 5.89. The third kappa shape index (κ3) is 6.67. The molecule has 1 fully saturated rings. The van der Waals surface area contributed by atoms with Crippen molar-refractivity contribution in [3.8, 4) is 0 Å².